The summed E-state index contributed by atoms with van der Waals surface area (Å²) in [5, 5.41) is 3.84. The van der Waals surface area contributed by atoms with Crippen LogP contribution in [0.3, 0.4) is 0 Å². The highest BCUT2D eigenvalue weighted by atomic mass is 16.5. The fourth-order valence-corrected chi connectivity index (χ4v) is 1.34. The maximum absolute atomic E-state index is 5.45. The van der Waals surface area contributed by atoms with Gasteiger partial charge < -0.3 is 10.3 Å². The molecule has 2 rings (SSSR count). The molecule has 2 aromatic rings. The molecule has 0 amide bonds. The van der Waals surface area contributed by atoms with Crippen molar-refractivity contribution >= 4 is 0 Å². The van der Waals surface area contributed by atoms with E-state index >= 15 is 0 Å². The molecule has 0 fully saturated rings. The highest BCUT2D eigenvalue weighted by molar-refractivity contribution is 5.58. The highest BCUT2D eigenvalue weighted by Gasteiger charge is 2.04. The molecule has 0 bridgehead atoms. The van der Waals surface area contributed by atoms with Crippen LogP contribution in [-0.4, -0.2) is 5.16 Å². The van der Waals surface area contributed by atoms with Crippen molar-refractivity contribution in [3.8, 4) is 11.3 Å². The fourth-order valence-electron chi connectivity index (χ4n) is 1.34. The molecule has 1 heterocycles. The molecule has 2 N–H and O–H groups in total. The van der Waals surface area contributed by atoms with Gasteiger partial charge in [-0.3, -0.25) is 0 Å². The Balaban J connectivity index is 2.39. The lowest BCUT2D eigenvalue weighted by Gasteiger charge is -1.95. The molecule has 3 heteroatoms. The Morgan fingerprint density at radius 2 is 2.21 bits per heavy atom. The second kappa shape index (κ2) is 3.64. The van der Waals surface area contributed by atoms with Gasteiger partial charge in [0.25, 0.3) is 0 Å². The molecule has 0 aliphatic carbocycles. The molecule has 0 spiro atoms. The van der Waals surface area contributed by atoms with E-state index in [9.17, 15) is 0 Å². The standard InChI is InChI=1S/C11H12N2O/c1-8-3-2-4-9(5-8)11-6-10(7-12)13-14-11/h2-6H,7,12H2,1H3. The third-order valence-electron chi connectivity index (χ3n) is 2.07. The maximum atomic E-state index is 5.45. The van der Waals surface area contributed by atoms with Crippen LogP contribution < -0.4 is 5.73 Å². The average Bonchev–Trinajstić information content (AvgIpc) is 2.66. The molecule has 0 radical (unpaired) electrons. The number of aryl methyl sites for hydroxylation is 1. The van der Waals surface area contributed by atoms with Crippen molar-refractivity contribution in [2.75, 3.05) is 0 Å². The molecule has 3 nitrogen and oxygen atoms in total. The Hall–Kier alpha value is -1.61. The molecule has 0 saturated heterocycles. The minimum Gasteiger partial charge on any atom is -0.356 e. The molecule has 0 atom stereocenters. The lowest BCUT2D eigenvalue weighted by atomic mass is 10.1. The van der Waals surface area contributed by atoms with Crippen LogP contribution in [0.25, 0.3) is 11.3 Å². The summed E-state index contributed by atoms with van der Waals surface area (Å²) in [7, 11) is 0. The molecule has 1 aromatic carbocycles. The zero-order valence-electron chi connectivity index (χ0n) is 8.03. The van der Waals surface area contributed by atoms with Crippen LogP contribution in [-0.2, 0) is 6.54 Å². The number of hydrogen-bond donors (Lipinski definition) is 1. The molecular formula is C11H12N2O. The second-order valence-electron chi connectivity index (χ2n) is 3.26. The number of nitrogens with two attached hydrogens (primary N) is 1. The van der Waals surface area contributed by atoms with Gasteiger partial charge in [-0.05, 0) is 13.0 Å². The Labute approximate surface area is 82.5 Å². The number of hydrogen-bond acceptors (Lipinski definition) is 3. The first-order valence-electron chi connectivity index (χ1n) is 4.52. The van der Waals surface area contributed by atoms with Crippen molar-refractivity contribution in [1.29, 1.82) is 0 Å². The third-order valence-corrected chi connectivity index (χ3v) is 2.07. The zero-order valence-corrected chi connectivity index (χ0v) is 8.03. The lowest BCUT2D eigenvalue weighted by molar-refractivity contribution is 0.424. The van der Waals surface area contributed by atoms with Crippen LogP contribution in [0.15, 0.2) is 34.9 Å². The second-order valence-corrected chi connectivity index (χ2v) is 3.26. The van der Waals surface area contributed by atoms with Crippen molar-refractivity contribution in [2.45, 2.75) is 13.5 Å². The van der Waals surface area contributed by atoms with Crippen LogP contribution in [0, 0.1) is 6.92 Å². The van der Waals surface area contributed by atoms with E-state index in [2.05, 4.69) is 11.2 Å². The van der Waals surface area contributed by atoms with Gasteiger partial charge in [0.1, 0.15) is 0 Å². The van der Waals surface area contributed by atoms with Gasteiger partial charge in [0, 0.05) is 18.2 Å². The van der Waals surface area contributed by atoms with Gasteiger partial charge in [0.2, 0.25) is 0 Å². The Bertz CT molecular complexity index is 434. The number of nitrogens with zero attached hydrogens (tertiary/aromatic N) is 1. The summed E-state index contributed by atoms with van der Waals surface area (Å²) in [5.41, 5.74) is 8.47. The van der Waals surface area contributed by atoms with Gasteiger partial charge in [0.15, 0.2) is 5.76 Å². The van der Waals surface area contributed by atoms with Crippen LogP contribution in [0.1, 0.15) is 11.3 Å². The van der Waals surface area contributed by atoms with E-state index < -0.39 is 0 Å². The van der Waals surface area contributed by atoms with Crippen LogP contribution in [0.4, 0.5) is 0 Å². The predicted molar refractivity (Wildman–Crippen MR) is 54.6 cm³/mol. The first kappa shape index (κ1) is 8.97. The van der Waals surface area contributed by atoms with E-state index in [4.69, 9.17) is 10.3 Å². The Morgan fingerprint density at radius 3 is 2.86 bits per heavy atom. The molecule has 0 unspecified atom stereocenters. The van der Waals surface area contributed by atoms with Gasteiger partial charge in [-0.25, -0.2) is 0 Å². The average molecular weight is 188 g/mol. The minimum absolute atomic E-state index is 0.412. The highest BCUT2D eigenvalue weighted by Crippen LogP contribution is 2.20. The summed E-state index contributed by atoms with van der Waals surface area (Å²) in [6.07, 6.45) is 0. The van der Waals surface area contributed by atoms with Gasteiger partial charge >= 0.3 is 0 Å². The van der Waals surface area contributed by atoms with Gasteiger partial charge in [-0.1, -0.05) is 28.9 Å². The van der Waals surface area contributed by atoms with Crippen molar-refractivity contribution in [3.05, 3.63) is 41.6 Å². The van der Waals surface area contributed by atoms with E-state index in [0.29, 0.717) is 6.54 Å². The van der Waals surface area contributed by atoms with Crippen molar-refractivity contribution in [2.24, 2.45) is 5.73 Å². The molecule has 0 aliphatic heterocycles. The molecule has 0 saturated carbocycles. The maximum Gasteiger partial charge on any atom is 0.167 e. The lowest BCUT2D eigenvalue weighted by Crippen LogP contribution is -1.94. The van der Waals surface area contributed by atoms with Crippen LogP contribution >= 0.6 is 0 Å². The molecule has 0 aliphatic rings. The monoisotopic (exact) mass is 188 g/mol. The minimum atomic E-state index is 0.412. The predicted octanol–water partition coefficient (Wildman–Crippen LogP) is 2.11. The number of aromatic nitrogens is 1. The van der Waals surface area contributed by atoms with E-state index in [0.717, 1.165) is 17.0 Å². The SMILES string of the molecule is Cc1cccc(-c2cc(CN)no2)c1. The van der Waals surface area contributed by atoms with Gasteiger partial charge in [-0.15, -0.1) is 0 Å². The summed E-state index contributed by atoms with van der Waals surface area (Å²) in [4.78, 5) is 0. The molecular weight excluding hydrogens is 176 g/mol. The molecule has 14 heavy (non-hydrogen) atoms. The Morgan fingerprint density at radius 1 is 1.36 bits per heavy atom. The van der Waals surface area contributed by atoms with Gasteiger partial charge in [0.05, 0.1) is 5.69 Å². The quantitative estimate of drug-likeness (QED) is 0.785. The third kappa shape index (κ3) is 1.67. The topological polar surface area (TPSA) is 52.0 Å². The normalized spacial score (nSPS) is 10.4. The van der Waals surface area contributed by atoms with Crippen molar-refractivity contribution in [1.82, 2.24) is 5.16 Å². The van der Waals surface area contributed by atoms with Crippen molar-refractivity contribution < 1.29 is 4.52 Å². The summed E-state index contributed by atoms with van der Waals surface area (Å²) < 4.78 is 5.17. The number of rotatable bonds is 2. The number of benzene rings is 1. The fraction of sp³-hybridized carbons (Fsp3) is 0.182. The van der Waals surface area contributed by atoms with E-state index in [1.807, 2.05) is 31.2 Å². The Kier molecular flexibility index (Phi) is 2.33. The largest absolute Gasteiger partial charge is 0.356 e. The van der Waals surface area contributed by atoms with E-state index in [1.165, 1.54) is 5.56 Å². The first-order valence-corrected chi connectivity index (χ1v) is 4.52. The van der Waals surface area contributed by atoms with Crippen LogP contribution in [0.5, 0.6) is 0 Å². The first-order chi connectivity index (χ1) is 6.79. The van der Waals surface area contributed by atoms with Crippen LogP contribution in [0.2, 0.25) is 0 Å². The summed E-state index contributed by atoms with van der Waals surface area (Å²) in [5.74, 6) is 0.772. The zero-order chi connectivity index (χ0) is 9.97. The summed E-state index contributed by atoms with van der Waals surface area (Å²) >= 11 is 0. The van der Waals surface area contributed by atoms with Gasteiger partial charge in [-0.2, -0.15) is 0 Å². The molecule has 72 valence electrons. The summed E-state index contributed by atoms with van der Waals surface area (Å²) in [6, 6.07) is 9.96. The smallest absolute Gasteiger partial charge is 0.167 e. The van der Waals surface area contributed by atoms with E-state index in [1.54, 1.807) is 0 Å². The summed E-state index contributed by atoms with van der Waals surface area (Å²) in [6.45, 7) is 2.46. The van der Waals surface area contributed by atoms with E-state index in [-0.39, 0.29) is 0 Å². The molecule has 1 aromatic heterocycles. The van der Waals surface area contributed by atoms with Crippen molar-refractivity contribution in [3.63, 3.8) is 0 Å².